The number of thiophene rings is 1. The van der Waals surface area contributed by atoms with Crippen molar-refractivity contribution in [3.8, 4) is 10.6 Å². The van der Waals surface area contributed by atoms with Gasteiger partial charge in [0.15, 0.2) is 0 Å². The molecule has 1 N–H and O–H groups in total. The Labute approximate surface area is 111 Å². The van der Waals surface area contributed by atoms with Crippen LogP contribution in [0.25, 0.3) is 10.6 Å². The van der Waals surface area contributed by atoms with Gasteiger partial charge in [-0.25, -0.2) is 4.98 Å². The predicted molar refractivity (Wildman–Crippen MR) is 71.4 cm³/mol. The van der Waals surface area contributed by atoms with Crippen molar-refractivity contribution in [2.45, 2.75) is 13.0 Å². The maximum atomic E-state index is 5.94. The van der Waals surface area contributed by atoms with E-state index in [1.165, 1.54) is 0 Å². The van der Waals surface area contributed by atoms with E-state index in [0.29, 0.717) is 0 Å². The molecule has 0 saturated heterocycles. The highest BCUT2D eigenvalue weighted by atomic mass is 79.9. The Morgan fingerprint density at radius 1 is 1.50 bits per heavy atom. The van der Waals surface area contributed by atoms with E-state index < -0.39 is 0 Å². The van der Waals surface area contributed by atoms with Crippen molar-refractivity contribution in [2.24, 2.45) is 0 Å². The minimum atomic E-state index is 0.792. The molecule has 0 amide bonds. The van der Waals surface area contributed by atoms with E-state index in [9.17, 15) is 0 Å². The van der Waals surface area contributed by atoms with Gasteiger partial charge in [-0.15, -0.1) is 11.3 Å². The Kier molecular flexibility index (Phi) is 2.69. The lowest BCUT2D eigenvalue weighted by molar-refractivity contribution is 0.618. The topological polar surface area (TPSA) is 29.9 Å². The Bertz CT molecular complexity index is 534. The fourth-order valence-electron chi connectivity index (χ4n) is 1.81. The zero-order valence-electron chi connectivity index (χ0n) is 8.33. The van der Waals surface area contributed by atoms with Crippen LogP contribution in [0, 0.1) is 0 Å². The summed E-state index contributed by atoms with van der Waals surface area (Å²) in [5.74, 6) is 0.942. The van der Waals surface area contributed by atoms with E-state index in [-0.39, 0.29) is 0 Å². The van der Waals surface area contributed by atoms with Crippen molar-refractivity contribution < 1.29 is 0 Å². The zero-order valence-corrected chi connectivity index (χ0v) is 11.5. The fourth-order valence-corrected chi connectivity index (χ4v) is 3.62. The van der Waals surface area contributed by atoms with E-state index in [2.05, 4.69) is 30.8 Å². The third-order valence-corrected chi connectivity index (χ3v) is 4.60. The van der Waals surface area contributed by atoms with Gasteiger partial charge < -0.3 is 9.88 Å². The van der Waals surface area contributed by atoms with Crippen molar-refractivity contribution in [1.29, 1.82) is 0 Å². The number of aromatic nitrogens is 2. The molecule has 84 valence electrons. The maximum Gasteiger partial charge on any atom is 0.204 e. The molecule has 0 aromatic carbocycles. The lowest BCUT2D eigenvalue weighted by Gasteiger charge is -2.15. The van der Waals surface area contributed by atoms with Crippen molar-refractivity contribution >= 4 is 44.8 Å². The number of anilines is 1. The van der Waals surface area contributed by atoms with Crippen LogP contribution in [-0.4, -0.2) is 16.1 Å². The highest BCUT2D eigenvalue weighted by Gasteiger charge is 2.19. The molecule has 0 spiro atoms. The summed E-state index contributed by atoms with van der Waals surface area (Å²) in [6, 6.07) is 3.91. The molecular weight excluding hydrogens is 310 g/mol. The largest absolute Gasteiger partial charge is 0.356 e. The summed E-state index contributed by atoms with van der Waals surface area (Å²) in [6.45, 7) is 2.00. The SMILES string of the molecule is Clc1ccc(-c2nc3n(c2Br)CCCN3)s1. The number of hydrogen-bond acceptors (Lipinski definition) is 3. The number of rotatable bonds is 1. The van der Waals surface area contributed by atoms with Crippen LogP contribution in [0.3, 0.4) is 0 Å². The first-order chi connectivity index (χ1) is 7.75. The van der Waals surface area contributed by atoms with E-state index in [4.69, 9.17) is 11.6 Å². The predicted octanol–water partition coefficient (Wildman–Crippen LogP) is 3.84. The molecule has 0 aliphatic carbocycles. The van der Waals surface area contributed by atoms with E-state index in [1.807, 2.05) is 12.1 Å². The summed E-state index contributed by atoms with van der Waals surface area (Å²) < 4.78 is 3.99. The van der Waals surface area contributed by atoms with Gasteiger partial charge in [0.05, 0.1) is 9.21 Å². The first-order valence-electron chi connectivity index (χ1n) is 5.01. The number of hydrogen-bond donors (Lipinski definition) is 1. The van der Waals surface area contributed by atoms with Crippen LogP contribution in [-0.2, 0) is 6.54 Å². The van der Waals surface area contributed by atoms with E-state index in [0.717, 1.165) is 45.0 Å². The van der Waals surface area contributed by atoms with Gasteiger partial charge in [0.1, 0.15) is 10.3 Å². The van der Waals surface area contributed by atoms with Crippen molar-refractivity contribution in [3.05, 3.63) is 21.1 Å². The molecular formula is C10H9BrClN3S. The summed E-state index contributed by atoms with van der Waals surface area (Å²) in [5, 5.41) is 3.29. The third kappa shape index (κ3) is 1.67. The summed E-state index contributed by atoms with van der Waals surface area (Å²) in [7, 11) is 0. The Morgan fingerprint density at radius 2 is 2.38 bits per heavy atom. The molecule has 3 nitrogen and oxygen atoms in total. The van der Waals surface area contributed by atoms with Gasteiger partial charge in [-0.3, -0.25) is 0 Å². The van der Waals surface area contributed by atoms with Gasteiger partial charge in [0.2, 0.25) is 5.95 Å². The molecule has 0 saturated carbocycles. The highest BCUT2D eigenvalue weighted by Crippen LogP contribution is 2.37. The molecule has 0 radical (unpaired) electrons. The van der Waals surface area contributed by atoms with Crippen LogP contribution in [0.5, 0.6) is 0 Å². The molecule has 2 aromatic heterocycles. The average Bonchev–Trinajstić information content (AvgIpc) is 2.84. The summed E-state index contributed by atoms with van der Waals surface area (Å²) >= 11 is 11.1. The van der Waals surface area contributed by atoms with Crippen molar-refractivity contribution in [1.82, 2.24) is 9.55 Å². The summed E-state index contributed by atoms with van der Waals surface area (Å²) in [6.07, 6.45) is 1.13. The minimum absolute atomic E-state index is 0.792. The molecule has 0 atom stereocenters. The summed E-state index contributed by atoms with van der Waals surface area (Å²) in [4.78, 5) is 5.69. The zero-order chi connectivity index (χ0) is 11.1. The Hall–Kier alpha value is -0.520. The van der Waals surface area contributed by atoms with Crippen LogP contribution >= 0.6 is 38.9 Å². The quantitative estimate of drug-likeness (QED) is 0.865. The number of nitrogens with zero attached hydrogens (tertiary/aromatic N) is 2. The maximum absolute atomic E-state index is 5.94. The standard InChI is InChI=1S/C10H9BrClN3S/c11-9-8(6-2-3-7(12)16-6)14-10-13-4-1-5-15(9)10/h2-3H,1,4-5H2,(H,13,14). The van der Waals surface area contributed by atoms with Crippen LogP contribution in [0.4, 0.5) is 5.95 Å². The number of nitrogens with one attached hydrogen (secondary N) is 1. The first kappa shape index (κ1) is 10.6. The van der Waals surface area contributed by atoms with Crippen molar-refractivity contribution in [3.63, 3.8) is 0 Å². The smallest absolute Gasteiger partial charge is 0.204 e. The van der Waals surface area contributed by atoms with Crippen LogP contribution < -0.4 is 5.32 Å². The highest BCUT2D eigenvalue weighted by molar-refractivity contribution is 9.10. The van der Waals surface area contributed by atoms with Crippen molar-refractivity contribution in [2.75, 3.05) is 11.9 Å². The second-order valence-corrected chi connectivity index (χ2v) is 6.08. The van der Waals surface area contributed by atoms with Gasteiger partial charge in [-0.2, -0.15) is 0 Å². The second kappa shape index (κ2) is 4.05. The monoisotopic (exact) mass is 317 g/mol. The van der Waals surface area contributed by atoms with Gasteiger partial charge in [0.25, 0.3) is 0 Å². The lowest BCUT2D eigenvalue weighted by atomic mass is 10.3. The molecule has 6 heteroatoms. The van der Waals surface area contributed by atoms with Crippen LogP contribution in [0.15, 0.2) is 16.7 Å². The molecule has 16 heavy (non-hydrogen) atoms. The number of halogens is 2. The minimum Gasteiger partial charge on any atom is -0.356 e. The second-order valence-electron chi connectivity index (χ2n) is 3.61. The Balaban J connectivity index is 2.11. The molecule has 1 aliphatic heterocycles. The molecule has 0 bridgehead atoms. The fraction of sp³-hybridized carbons (Fsp3) is 0.300. The Morgan fingerprint density at radius 3 is 3.06 bits per heavy atom. The van der Waals surface area contributed by atoms with E-state index >= 15 is 0 Å². The molecule has 2 aromatic rings. The van der Waals surface area contributed by atoms with Gasteiger partial charge in [-0.1, -0.05) is 11.6 Å². The van der Waals surface area contributed by atoms with Gasteiger partial charge >= 0.3 is 0 Å². The van der Waals surface area contributed by atoms with Crippen LogP contribution in [0.1, 0.15) is 6.42 Å². The molecule has 0 unspecified atom stereocenters. The lowest BCUT2D eigenvalue weighted by Crippen LogP contribution is -2.17. The molecule has 1 aliphatic rings. The average molecular weight is 319 g/mol. The number of imidazole rings is 1. The molecule has 3 heterocycles. The third-order valence-electron chi connectivity index (χ3n) is 2.55. The molecule has 0 fully saturated rings. The van der Waals surface area contributed by atoms with Gasteiger partial charge in [0, 0.05) is 13.1 Å². The van der Waals surface area contributed by atoms with Crippen LogP contribution in [0.2, 0.25) is 4.34 Å². The number of fused-ring (bicyclic) bond motifs is 1. The summed E-state index contributed by atoms with van der Waals surface area (Å²) in [5.41, 5.74) is 0.973. The normalized spacial score (nSPS) is 14.6. The molecule has 3 rings (SSSR count). The first-order valence-corrected chi connectivity index (χ1v) is 7.00. The van der Waals surface area contributed by atoms with E-state index in [1.54, 1.807) is 11.3 Å². The van der Waals surface area contributed by atoms with Gasteiger partial charge in [-0.05, 0) is 34.5 Å².